The van der Waals surface area contributed by atoms with Crippen LogP contribution >= 0.6 is 11.6 Å². The number of anilines is 1. The van der Waals surface area contributed by atoms with Crippen LogP contribution in [0.1, 0.15) is 19.4 Å². The highest BCUT2D eigenvalue weighted by atomic mass is 35.5. The summed E-state index contributed by atoms with van der Waals surface area (Å²) >= 11 is 5.74. The smallest absolute Gasteiger partial charge is 0.166 e. The van der Waals surface area contributed by atoms with Gasteiger partial charge in [-0.25, -0.2) is 9.37 Å². The zero-order valence-corrected chi connectivity index (χ0v) is 10.4. The summed E-state index contributed by atoms with van der Waals surface area (Å²) < 4.78 is 13.6. The van der Waals surface area contributed by atoms with Gasteiger partial charge in [-0.2, -0.15) is 5.26 Å². The summed E-state index contributed by atoms with van der Waals surface area (Å²) in [5.74, 6) is -0.348. The fraction of sp³-hybridized carbons (Fsp3) is 0.455. The molecule has 1 rings (SSSR count). The van der Waals surface area contributed by atoms with Gasteiger partial charge in [0.25, 0.3) is 0 Å². The van der Waals surface area contributed by atoms with Crippen LogP contribution in [0.5, 0.6) is 0 Å². The number of rotatable bonds is 4. The van der Waals surface area contributed by atoms with Crippen LogP contribution in [0.4, 0.5) is 10.2 Å². The van der Waals surface area contributed by atoms with E-state index in [-0.39, 0.29) is 28.5 Å². The summed E-state index contributed by atoms with van der Waals surface area (Å²) in [6.45, 7) is 4.29. The first kappa shape index (κ1) is 13.7. The average molecular weight is 257 g/mol. The zero-order valence-electron chi connectivity index (χ0n) is 9.67. The highest BCUT2D eigenvalue weighted by Crippen LogP contribution is 2.21. The molecule has 92 valence electrons. The maximum atomic E-state index is 13.6. The van der Waals surface area contributed by atoms with E-state index in [4.69, 9.17) is 22.6 Å². The van der Waals surface area contributed by atoms with E-state index in [0.717, 1.165) is 6.07 Å². The van der Waals surface area contributed by atoms with Crippen molar-refractivity contribution in [3.8, 4) is 6.07 Å². The minimum atomic E-state index is -0.606. The monoisotopic (exact) mass is 256 g/mol. The lowest BCUT2D eigenvalue weighted by Gasteiger charge is -2.21. The Morgan fingerprint density at radius 3 is 2.76 bits per heavy atom. The molecule has 0 fully saturated rings. The number of nitrogens with zero attached hydrogens (tertiary/aromatic N) is 2. The number of nitriles is 1. The summed E-state index contributed by atoms with van der Waals surface area (Å²) in [5.41, 5.74) is 5.58. The zero-order chi connectivity index (χ0) is 13.0. The third kappa shape index (κ3) is 3.29. The Hall–Kier alpha value is -1.38. The first-order valence-corrected chi connectivity index (χ1v) is 5.60. The van der Waals surface area contributed by atoms with E-state index in [9.17, 15) is 4.39 Å². The van der Waals surface area contributed by atoms with Crippen molar-refractivity contribution in [3.63, 3.8) is 0 Å². The summed E-state index contributed by atoms with van der Waals surface area (Å²) in [5, 5.41) is 11.5. The number of hydrogen-bond donors (Lipinski definition) is 2. The summed E-state index contributed by atoms with van der Waals surface area (Å²) in [7, 11) is 0. The van der Waals surface area contributed by atoms with Crippen LogP contribution < -0.4 is 11.1 Å². The van der Waals surface area contributed by atoms with Crippen molar-refractivity contribution >= 4 is 17.4 Å². The first-order valence-electron chi connectivity index (χ1n) is 5.22. The van der Waals surface area contributed by atoms with Crippen molar-refractivity contribution in [3.05, 3.63) is 22.6 Å². The molecule has 3 N–H and O–H groups in total. The Labute approximate surface area is 105 Å². The second-order valence-corrected chi connectivity index (χ2v) is 4.36. The minimum absolute atomic E-state index is 0.0172. The molecule has 0 aliphatic carbocycles. The Bertz CT molecular complexity index is 442. The number of nitrogens with two attached hydrogens (primary N) is 1. The van der Waals surface area contributed by atoms with Gasteiger partial charge in [0, 0.05) is 12.6 Å². The van der Waals surface area contributed by atoms with Crippen LogP contribution in [0, 0.1) is 23.1 Å². The van der Waals surface area contributed by atoms with E-state index in [2.05, 4.69) is 10.3 Å². The van der Waals surface area contributed by atoms with E-state index in [1.807, 2.05) is 13.8 Å². The summed E-state index contributed by atoms with van der Waals surface area (Å²) in [4.78, 5) is 3.81. The standard InChI is InChI=1S/C11H14ClFN4/c1-6(2)9(5-15)16-11-8(13)3-7(4-14)10(12)17-11/h3,6,9H,5,15H2,1-2H3,(H,16,17)/t9-/m0/s1. The second kappa shape index (κ2) is 5.80. The van der Waals surface area contributed by atoms with Gasteiger partial charge >= 0.3 is 0 Å². The third-order valence-corrected chi connectivity index (χ3v) is 2.72. The van der Waals surface area contributed by atoms with E-state index in [1.54, 1.807) is 6.07 Å². The van der Waals surface area contributed by atoms with Gasteiger partial charge in [-0.15, -0.1) is 0 Å². The molecule has 0 aromatic carbocycles. The lowest BCUT2D eigenvalue weighted by atomic mass is 10.0. The molecule has 0 aliphatic rings. The van der Waals surface area contributed by atoms with Crippen LogP contribution in [-0.4, -0.2) is 17.6 Å². The third-order valence-electron chi connectivity index (χ3n) is 2.43. The molecule has 1 aromatic rings. The molecular weight excluding hydrogens is 243 g/mol. The molecule has 0 unspecified atom stereocenters. The van der Waals surface area contributed by atoms with Gasteiger partial charge in [-0.05, 0) is 12.0 Å². The lowest BCUT2D eigenvalue weighted by Crippen LogP contribution is -2.34. The van der Waals surface area contributed by atoms with E-state index >= 15 is 0 Å². The van der Waals surface area contributed by atoms with E-state index in [0.29, 0.717) is 6.54 Å². The normalized spacial score (nSPS) is 12.3. The highest BCUT2D eigenvalue weighted by molar-refractivity contribution is 6.30. The van der Waals surface area contributed by atoms with Gasteiger partial charge in [0.2, 0.25) is 0 Å². The van der Waals surface area contributed by atoms with Crippen molar-refractivity contribution in [2.75, 3.05) is 11.9 Å². The Morgan fingerprint density at radius 2 is 2.29 bits per heavy atom. The van der Waals surface area contributed by atoms with Crippen molar-refractivity contribution < 1.29 is 4.39 Å². The predicted molar refractivity (Wildman–Crippen MR) is 65.2 cm³/mol. The number of hydrogen-bond acceptors (Lipinski definition) is 4. The molecule has 0 saturated carbocycles. The number of halogens is 2. The molecule has 0 radical (unpaired) electrons. The van der Waals surface area contributed by atoms with Crippen LogP contribution in [-0.2, 0) is 0 Å². The highest BCUT2D eigenvalue weighted by Gasteiger charge is 2.16. The number of pyridine rings is 1. The van der Waals surface area contributed by atoms with Crippen molar-refractivity contribution in [1.82, 2.24) is 4.98 Å². The van der Waals surface area contributed by atoms with Crippen LogP contribution in [0.15, 0.2) is 6.07 Å². The largest absolute Gasteiger partial charge is 0.363 e. The SMILES string of the molecule is CC(C)[C@H](CN)Nc1nc(Cl)c(C#N)cc1F. The topological polar surface area (TPSA) is 74.7 Å². The van der Waals surface area contributed by atoms with E-state index in [1.165, 1.54) is 0 Å². The lowest BCUT2D eigenvalue weighted by molar-refractivity contribution is 0.523. The minimum Gasteiger partial charge on any atom is -0.363 e. The summed E-state index contributed by atoms with van der Waals surface area (Å²) in [6, 6.07) is 2.73. The molecule has 0 amide bonds. The quantitative estimate of drug-likeness (QED) is 0.810. The van der Waals surface area contributed by atoms with Gasteiger partial charge in [0.05, 0.1) is 5.56 Å². The molecule has 0 saturated heterocycles. The Kier molecular flexibility index (Phi) is 4.67. The molecule has 1 aromatic heterocycles. The molecule has 1 atom stereocenters. The molecule has 0 spiro atoms. The molecular formula is C11H14ClFN4. The average Bonchev–Trinajstić information content (AvgIpc) is 2.29. The second-order valence-electron chi connectivity index (χ2n) is 4.00. The van der Waals surface area contributed by atoms with Crippen molar-refractivity contribution in [1.29, 1.82) is 5.26 Å². The van der Waals surface area contributed by atoms with Gasteiger partial charge in [0.15, 0.2) is 11.6 Å². The van der Waals surface area contributed by atoms with Crippen molar-refractivity contribution in [2.24, 2.45) is 11.7 Å². The fourth-order valence-electron chi connectivity index (χ4n) is 1.32. The molecule has 0 aliphatic heterocycles. The van der Waals surface area contributed by atoms with Gasteiger partial charge in [-0.1, -0.05) is 25.4 Å². The van der Waals surface area contributed by atoms with Crippen LogP contribution in [0.2, 0.25) is 5.15 Å². The molecule has 4 nitrogen and oxygen atoms in total. The van der Waals surface area contributed by atoms with Crippen LogP contribution in [0.3, 0.4) is 0 Å². The van der Waals surface area contributed by atoms with Gasteiger partial charge in [-0.3, -0.25) is 0 Å². The fourth-order valence-corrected chi connectivity index (χ4v) is 1.50. The van der Waals surface area contributed by atoms with Gasteiger partial charge in [0.1, 0.15) is 11.2 Å². The van der Waals surface area contributed by atoms with Gasteiger partial charge < -0.3 is 11.1 Å². The maximum Gasteiger partial charge on any atom is 0.166 e. The van der Waals surface area contributed by atoms with Crippen molar-refractivity contribution in [2.45, 2.75) is 19.9 Å². The molecule has 0 bridgehead atoms. The predicted octanol–water partition coefficient (Wildman–Crippen LogP) is 2.14. The number of aromatic nitrogens is 1. The Morgan fingerprint density at radius 1 is 1.65 bits per heavy atom. The summed E-state index contributed by atoms with van der Waals surface area (Å²) in [6.07, 6.45) is 0. The molecule has 17 heavy (non-hydrogen) atoms. The molecule has 1 heterocycles. The number of nitrogens with one attached hydrogen (secondary N) is 1. The van der Waals surface area contributed by atoms with E-state index < -0.39 is 5.82 Å². The first-order chi connectivity index (χ1) is 7.99. The maximum absolute atomic E-state index is 13.6. The van der Waals surface area contributed by atoms with Crippen LogP contribution in [0.25, 0.3) is 0 Å². The molecule has 6 heteroatoms. The Balaban J connectivity index is 3.00.